The minimum atomic E-state index is 0.673. The number of rotatable bonds is 3. The van der Waals surface area contributed by atoms with Crippen molar-refractivity contribution < 1.29 is 0 Å². The molecule has 4 heterocycles. The number of nitrogens with zero attached hydrogens (tertiary/aromatic N) is 4. The maximum Gasteiger partial charge on any atom is 0.160 e. The van der Waals surface area contributed by atoms with Crippen LogP contribution >= 0.6 is 0 Å². The molecule has 0 aliphatic carbocycles. The van der Waals surface area contributed by atoms with Gasteiger partial charge < -0.3 is 9.88 Å². The van der Waals surface area contributed by atoms with Gasteiger partial charge in [-0.15, -0.1) is 0 Å². The van der Waals surface area contributed by atoms with Crippen LogP contribution < -0.4 is 5.32 Å². The summed E-state index contributed by atoms with van der Waals surface area (Å²) in [5, 5.41) is 3.43. The van der Waals surface area contributed by atoms with Gasteiger partial charge in [0.25, 0.3) is 0 Å². The molecule has 0 unspecified atom stereocenters. The molecule has 1 N–H and O–H groups in total. The fourth-order valence-corrected chi connectivity index (χ4v) is 3.32. The number of aryl methyl sites for hydroxylation is 1. The third-order valence-electron chi connectivity index (χ3n) is 4.54. The van der Waals surface area contributed by atoms with Crippen molar-refractivity contribution in [1.82, 2.24) is 24.8 Å². The van der Waals surface area contributed by atoms with E-state index in [1.54, 1.807) is 6.20 Å². The molecule has 5 heteroatoms. The van der Waals surface area contributed by atoms with Gasteiger partial charge in [0, 0.05) is 30.7 Å². The largest absolute Gasteiger partial charge is 0.317 e. The first-order valence-corrected chi connectivity index (χ1v) is 8.25. The fourth-order valence-electron chi connectivity index (χ4n) is 3.32. The first-order chi connectivity index (χ1) is 11.3. The fraction of sp³-hybridized carbons (Fsp3) is 0.389. The highest BCUT2D eigenvalue weighted by Gasteiger charge is 2.19. The van der Waals surface area contributed by atoms with Crippen LogP contribution in [0.2, 0.25) is 0 Å². The van der Waals surface area contributed by atoms with Crippen molar-refractivity contribution in [1.29, 1.82) is 0 Å². The highest BCUT2D eigenvalue weighted by molar-refractivity contribution is 5.77. The zero-order valence-electron chi connectivity index (χ0n) is 13.4. The van der Waals surface area contributed by atoms with Crippen LogP contribution in [0.25, 0.3) is 22.6 Å². The van der Waals surface area contributed by atoms with Crippen molar-refractivity contribution in [2.45, 2.75) is 26.3 Å². The van der Waals surface area contributed by atoms with Gasteiger partial charge in [-0.3, -0.25) is 4.98 Å². The number of piperidine rings is 1. The normalized spacial score (nSPS) is 16.0. The molecule has 1 aliphatic heterocycles. The van der Waals surface area contributed by atoms with Crippen LogP contribution in [-0.4, -0.2) is 32.6 Å². The molecule has 0 bridgehead atoms. The van der Waals surface area contributed by atoms with Crippen molar-refractivity contribution in [3.63, 3.8) is 0 Å². The first-order valence-electron chi connectivity index (χ1n) is 8.25. The molecule has 5 nitrogen and oxygen atoms in total. The van der Waals surface area contributed by atoms with E-state index in [1.807, 2.05) is 18.5 Å². The van der Waals surface area contributed by atoms with Crippen LogP contribution in [0.3, 0.4) is 0 Å². The van der Waals surface area contributed by atoms with E-state index in [-0.39, 0.29) is 0 Å². The van der Waals surface area contributed by atoms with Gasteiger partial charge in [0.1, 0.15) is 11.3 Å². The molecule has 0 saturated carbocycles. The third kappa shape index (κ3) is 2.84. The van der Waals surface area contributed by atoms with Gasteiger partial charge in [-0.1, -0.05) is 0 Å². The Bertz CT molecular complexity index is 803. The van der Waals surface area contributed by atoms with Gasteiger partial charge >= 0.3 is 0 Å². The van der Waals surface area contributed by atoms with E-state index in [2.05, 4.69) is 38.9 Å². The van der Waals surface area contributed by atoms with Gasteiger partial charge in [-0.05, 0) is 62.5 Å². The van der Waals surface area contributed by atoms with Gasteiger partial charge in [0.05, 0.1) is 0 Å². The lowest BCUT2D eigenvalue weighted by Gasteiger charge is -2.23. The maximum atomic E-state index is 4.85. The quantitative estimate of drug-likeness (QED) is 0.808. The van der Waals surface area contributed by atoms with Gasteiger partial charge in [-0.25, -0.2) is 9.97 Å². The Balaban J connectivity index is 1.81. The van der Waals surface area contributed by atoms with E-state index in [9.17, 15) is 0 Å². The van der Waals surface area contributed by atoms with Crippen LogP contribution in [-0.2, 0) is 6.54 Å². The van der Waals surface area contributed by atoms with Crippen molar-refractivity contribution in [2.75, 3.05) is 13.1 Å². The lowest BCUT2D eigenvalue weighted by molar-refractivity contribution is 0.337. The summed E-state index contributed by atoms with van der Waals surface area (Å²) in [4.78, 5) is 13.8. The molecule has 0 aromatic carbocycles. The average Bonchev–Trinajstić information content (AvgIpc) is 2.94. The van der Waals surface area contributed by atoms with Crippen molar-refractivity contribution in [3.05, 3.63) is 42.4 Å². The number of hydrogen-bond acceptors (Lipinski definition) is 4. The van der Waals surface area contributed by atoms with Crippen LogP contribution in [0.5, 0.6) is 0 Å². The number of nitrogens with one attached hydrogen (secondary N) is 1. The molecular weight excluding hydrogens is 286 g/mol. The Kier molecular flexibility index (Phi) is 3.79. The highest BCUT2D eigenvalue weighted by Crippen LogP contribution is 2.26. The van der Waals surface area contributed by atoms with Crippen LogP contribution in [0, 0.1) is 12.8 Å². The van der Waals surface area contributed by atoms with E-state index in [1.165, 1.54) is 12.8 Å². The Morgan fingerprint density at radius 2 is 2.13 bits per heavy atom. The predicted octanol–water partition coefficient (Wildman–Crippen LogP) is 2.80. The van der Waals surface area contributed by atoms with Crippen molar-refractivity contribution >= 4 is 11.2 Å². The third-order valence-corrected chi connectivity index (χ3v) is 4.54. The highest BCUT2D eigenvalue weighted by atomic mass is 15.1. The molecule has 23 heavy (non-hydrogen) atoms. The molecule has 4 rings (SSSR count). The smallest absolute Gasteiger partial charge is 0.160 e. The molecule has 0 amide bonds. The molecule has 118 valence electrons. The van der Waals surface area contributed by atoms with E-state index >= 15 is 0 Å². The molecule has 3 aromatic heterocycles. The standard InChI is InChI=1S/C18H21N5/c1-13-9-16-18(21-10-13)23(12-14-4-7-19-8-5-14)17(22-16)15-3-2-6-20-11-15/h2-3,6,9-11,14,19H,4-5,7-8,12H2,1H3. The molecule has 0 radical (unpaired) electrons. The van der Waals surface area contributed by atoms with Gasteiger partial charge in [0.15, 0.2) is 5.65 Å². The SMILES string of the molecule is Cc1cnc2c(c1)nc(-c1cccnc1)n2CC1CCNCC1. The van der Waals surface area contributed by atoms with E-state index < -0.39 is 0 Å². The van der Waals surface area contributed by atoms with Crippen molar-refractivity contribution in [3.8, 4) is 11.4 Å². The Hall–Kier alpha value is -2.27. The molecule has 1 aliphatic rings. The molecular formula is C18H21N5. The second-order valence-corrected chi connectivity index (χ2v) is 6.34. The van der Waals surface area contributed by atoms with E-state index in [4.69, 9.17) is 4.98 Å². The summed E-state index contributed by atoms with van der Waals surface area (Å²) >= 11 is 0. The minimum absolute atomic E-state index is 0.673. The first kappa shape index (κ1) is 14.3. The number of aromatic nitrogens is 4. The molecule has 0 spiro atoms. The van der Waals surface area contributed by atoms with Crippen molar-refractivity contribution in [2.24, 2.45) is 5.92 Å². The molecule has 0 atom stereocenters. The van der Waals surface area contributed by atoms with Crippen LogP contribution in [0.15, 0.2) is 36.8 Å². The summed E-state index contributed by atoms with van der Waals surface area (Å²) in [6.45, 7) is 5.23. The van der Waals surface area contributed by atoms with Gasteiger partial charge in [0.2, 0.25) is 0 Å². The average molecular weight is 307 g/mol. The predicted molar refractivity (Wildman–Crippen MR) is 91.1 cm³/mol. The summed E-state index contributed by atoms with van der Waals surface area (Å²) in [6.07, 6.45) is 8.02. The lowest BCUT2D eigenvalue weighted by atomic mass is 9.98. The maximum absolute atomic E-state index is 4.85. The van der Waals surface area contributed by atoms with Crippen LogP contribution in [0.1, 0.15) is 18.4 Å². The summed E-state index contributed by atoms with van der Waals surface area (Å²) in [5.74, 6) is 1.65. The summed E-state index contributed by atoms with van der Waals surface area (Å²) < 4.78 is 2.28. The number of fused-ring (bicyclic) bond motifs is 1. The second-order valence-electron chi connectivity index (χ2n) is 6.34. The number of hydrogen-bond donors (Lipinski definition) is 1. The minimum Gasteiger partial charge on any atom is -0.317 e. The van der Waals surface area contributed by atoms with E-state index in [0.29, 0.717) is 5.92 Å². The van der Waals surface area contributed by atoms with Crippen LogP contribution in [0.4, 0.5) is 0 Å². The summed E-state index contributed by atoms with van der Waals surface area (Å²) in [7, 11) is 0. The molecule has 3 aromatic rings. The lowest BCUT2D eigenvalue weighted by Crippen LogP contribution is -2.30. The Morgan fingerprint density at radius 1 is 1.26 bits per heavy atom. The monoisotopic (exact) mass is 307 g/mol. The summed E-state index contributed by atoms with van der Waals surface area (Å²) in [5.41, 5.74) is 4.14. The zero-order valence-corrected chi connectivity index (χ0v) is 13.4. The zero-order chi connectivity index (χ0) is 15.6. The van der Waals surface area contributed by atoms with Gasteiger partial charge in [-0.2, -0.15) is 0 Å². The number of pyridine rings is 2. The second kappa shape index (κ2) is 6.08. The topological polar surface area (TPSA) is 55.6 Å². The molecule has 1 fully saturated rings. The summed E-state index contributed by atoms with van der Waals surface area (Å²) in [6, 6.07) is 6.14. The Morgan fingerprint density at radius 3 is 2.91 bits per heavy atom. The molecule has 1 saturated heterocycles. The van der Waals surface area contributed by atoms with E-state index in [0.717, 1.165) is 47.7 Å². The number of imidazole rings is 1. The Labute approximate surface area is 135 Å².